The number of aromatic nitrogens is 4. The largest absolute Gasteiger partial charge is 0.406 e. The minimum atomic E-state index is -4.60. The number of imidazole rings is 1. The molecule has 0 saturated carbocycles. The highest BCUT2D eigenvalue weighted by molar-refractivity contribution is 5.91. The highest BCUT2D eigenvalue weighted by Gasteiger charge is 2.34. The van der Waals surface area contributed by atoms with Crippen molar-refractivity contribution in [2.24, 2.45) is 5.73 Å². The molecule has 1 unspecified atom stereocenters. The molecule has 3 amide bonds. The van der Waals surface area contributed by atoms with Crippen LogP contribution in [0.4, 0.5) is 23.7 Å². The van der Waals surface area contributed by atoms with Gasteiger partial charge in [0.05, 0.1) is 23.3 Å². The van der Waals surface area contributed by atoms with Gasteiger partial charge < -0.3 is 15.4 Å². The van der Waals surface area contributed by atoms with E-state index < -0.39 is 18.8 Å². The van der Waals surface area contributed by atoms with Gasteiger partial charge in [0.2, 0.25) is 0 Å². The van der Waals surface area contributed by atoms with Gasteiger partial charge in [0.25, 0.3) is 5.91 Å². The number of urea groups is 1. The topological polar surface area (TPSA) is 112 Å². The molecule has 0 spiro atoms. The first-order valence-corrected chi connectivity index (χ1v) is 13.8. The second kappa shape index (κ2) is 11.1. The third-order valence-corrected chi connectivity index (χ3v) is 7.86. The zero-order chi connectivity index (χ0) is 29.4. The Kier molecular flexibility index (Phi) is 7.35. The average molecular weight is 582 g/mol. The van der Waals surface area contributed by atoms with Gasteiger partial charge in [-0.05, 0) is 61.6 Å². The molecule has 2 aliphatic heterocycles. The molecule has 1 atom stereocenters. The summed E-state index contributed by atoms with van der Waals surface area (Å²) in [7, 11) is 0. The van der Waals surface area contributed by atoms with Crippen LogP contribution in [-0.2, 0) is 9.53 Å². The molecule has 4 aromatic rings. The summed E-state index contributed by atoms with van der Waals surface area (Å²) in [6.45, 7) is 0.524. The molecule has 2 aliphatic rings. The van der Waals surface area contributed by atoms with Crippen molar-refractivity contribution in [2.75, 3.05) is 31.1 Å². The molecular formula is C29H30F3N7O3. The predicted octanol–water partition coefficient (Wildman–Crippen LogP) is 4.68. The number of anilines is 1. The molecule has 0 radical (unpaired) electrons. The maximum absolute atomic E-state index is 13.0. The maximum Gasteiger partial charge on any atom is 0.406 e. The Bertz CT molecular complexity index is 1600. The Morgan fingerprint density at radius 2 is 1.88 bits per heavy atom. The van der Waals surface area contributed by atoms with Gasteiger partial charge in [0.15, 0.2) is 0 Å². The van der Waals surface area contributed by atoms with Crippen molar-refractivity contribution in [3.8, 4) is 16.8 Å². The van der Waals surface area contributed by atoms with Crippen LogP contribution in [0, 0.1) is 0 Å². The average Bonchev–Trinajstić information content (AvgIpc) is 3.76. The summed E-state index contributed by atoms with van der Waals surface area (Å²) in [4.78, 5) is 31.3. The van der Waals surface area contributed by atoms with E-state index in [1.54, 1.807) is 23.0 Å². The normalized spacial score (nSPS) is 18.1. The lowest BCUT2D eigenvalue weighted by atomic mass is 10.0. The fourth-order valence-electron chi connectivity index (χ4n) is 5.70. The summed E-state index contributed by atoms with van der Waals surface area (Å²) < 4.78 is 48.3. The quantitative estimate of drug-likeness (QED) is 0.356. The highest BCUT2D eigenvalue weighted by atomic mass is 19.4. The zero-order valence-electron chi connectivity index (χ0n) is 22.7. The Morgan fingerprint density at radius 3 is 2.60 bits per heavy atom. The first-order valence-electron chi connectivity index (χ1n) is 13.8. The third-order valence-electron chi connectivity index (χ3n) is 7.86. The number of amides is 3. The minimum absolute atomic E-state index is 0.0327. The third kappa shape index (κ3) is 5.69. The number of piperidine rings is 1. The van der Waals surface area contributed by atoms with E-state index in [9.17, 15) is 22.8 Å². The van der Waals surface area contributed by atoms with Crippen LogP contribution in [0.3, 0.4) is 0 Å². The summed E-state index contributed by atoms with van der Waals surface area (Å²) in [5.41, 5.74) is 9.09. The fraction of sp³-hybridized carbons (Fsp3) is 0.379. The van der Waals surface area contributed by atoms with Crippen LogP contribution in [0.1, 0.15) is 31.7 Å². The van der Waals surface area contributed by atoms with Crippen molar-refractivity contribution >= 4 is 28.7 Å². The lowest BCUT2D eigenvalue weighted by molar-refractivity contribution is -0.142. The number of primary amides is 1. The molecule has 2 saturated heterocycles. The number of likely N-dealkylation sites (tertiary alicyclic amines) is 1. The number of ether oxygens (including phenoxy) is 1. The number of nitrogens with two attached hydrogens (primary N) is 1. The van der Waals surface area contributed by atoms with Gasteiger partial charge >= 0.3 is 12.2 Å². The van der Waals surface area contributed by atoms with E-state index in [1.165, 1.54) is 12.1 Å². The first kappa shape index (κ1) is 27.8. The fourth-order valence-corrected chi connectivity index (χ4v) is 5.70. The second-order valence-corrected chi connectivity index (χ2v) is 10.6. The van der Waals surface area contributed by atoms with E-state index in [1.807, 2.05) is 40.2 Å². The van der Waals surface area contributed by atoms with Crippen LogP contribution in [-0.4, -0.2) is 74.7 Å². The van der Waals surface area contributed by atoms with E-state index in [4.69, 9.17) is 10.5 Å². The van der Waals surface area contributed by atoms with Crippen LogP contribution < -0.4 is 10.6 Å². The van der Waals surface area contributed by atoms with Gasteiger partial charge in [0, 0.05) is 42.8 Å². The lowest BCUT2D eigenvalue weighted by Crippen LogP contribution is -2.44. The van der Waals surface area contributed by atoms with E-state index in [2.05, 4.69) is 10.1 Å². The molecule has 2 N–H and O–H groups in total. The monoisotopic (exact) mass is 581 g/mol. The van der Waals surface area contributed by atoms with Crippen molar-refractivity contribution in [1.82, 2.24) is 24.2 Å². The number of hydrogen-bond donors (Lipinski definition) is 1. The standard InChI is InChI=1S/C29H30F3N7O3/c30-29(31,32)17-37(28(33)41)22-3-1-4-23(14-22)38-18-34-24-13-19(6-7-25(24)38)20-15-35-39(16-20)21-8-10-36(11-9-21)27(40)26-5-2-12-42-26/h1,3-4,6-7,13-16,18,21,26H,2,5,8-12,17H2,(H2,33,41). The van der Waals surface area contributed by atoms with E-state index >= 15 is 0 Å². The Balaban J connectivity index is 1.17. The molecule has 4 heterocycles. The molecule has 2 aromatic heterocycles. The second-order valence-electron chi connectivity index (χ2n) is 10.6. The first-order chi connectivity index (χ1) is 20.2. The van der Waals surface area contributed by atoms with Crippen molar-refractivity contribution in [2.45, 2.75) is 44.0 Å². The van der Waals surface area contributed by atoms with Gasteiger partial charge in [-0.15, -0.1) is 0 Å². The summed E-state index contributed by atoms with van der Waals surface area (Å²) >= 11 is 0. The molecule has 6 rings (SSSR count). The molecule has 2 fully saturated rings. The lowest BCUT2D eigenvalue weighted by Gasteiger charge is -2.33. The molecule has 2 aromatic carbocycles. The van der Waals surface area contributed by atoms with Crippen LogP contribution in [0.15, 0.2) is 61.2 Å². The maximum atomic E-state index is 13.0. The molecular weight excluding hydrogens is 551 g/mol. The molecule has 220 valence electrons. The number of rotatable bonds is 6. The summed E-state index contributed by atoms with van der Waals surface area (Å²) in [5.74, 6) is 0.0954. The predicted molar refractivity (Wildman–Crippen MR) is 149 cm³/mol. The number of alkyl halides is 3. The van der Waals surface area contributed by atoms with Gasteiger partial charge in [-0.3, -0.25) is 18.9 Å². The number of nitrogens with zero attached hydrogens (tertiary/aromatic N) is 6. The Labute approximate surface area is 239 Å². The van der Waals surface area contributed by atoms with Gasteiger partial charge in [-0.25, -0.2) is 9.78 Å². The van der Waals surface area contributed by atoms with E-state index in [-0.39, 0.29) is 23.7 Å². The van der Waals surface area contributed by atoms with Crippen molar-refractivity contribution in [1.29, 1.82) is 0 Å². The number of benzene rings is 2. The number of halogens is 3. The number of fused-ring (bicyclic) bond motifs is 1. The smallest absolute Gasteiger partial charge is 0.368 e. The van der Waals surface area contributed by atoms with Crippen molar-refractivity contribution in [3.63, 3.8) is 0 Å². The summed E-state index contributed by atoms with van der Waals surface area (Å²) in [5, 5.41) is 4.60. The summed E-state index contributed by atoms with van der Waals surface area (Å²) in [6, 6.07) is 10.9. The molecule has 0 aliphatic carbocycles. The molecule has 10 nitrogen and oxygen atoms in total. The van der Waals surface area contributed by atoms with E-state index in [0.717, 1.165) is 42.3 Å². The minimum Gasteiger partial charge on any atom is -0.368 e. The number of carbonyl (C=O) groups is 2. The summed E-state index contributed by atoms with van der Waals surface area (Å²) in [6.07, 6.45) is 3.87. The van der Waals surface area contributed by atoms with Crippen LogP contribution >= 0.6 is 0 Å². The van der Waals surface area contributed by atoms with Gasteiger partial charge in [-0.2, -0.15) is 18.3 Å². The molecule has 42 heavy (non-hydrogen) atoms. The molecule has 13 heteroatoms. The Hall–Kier alpha value is -4.39. The van der Waals surface area contributed by atoms with Crippen LogP contribution in [0.2, 0.25) is 0 Å². The van der Waals surface area contributed by atoms with Gasteiger partial charge in [0.1, 0.15) is 19.0 Å². The van der Waals surface area contributed by atoms with Crippen LogP contribution in [0.5, 0.6) is 0 Å². The van der Waals surface area contributed by atoms with Gasteiger partial charge in [-0.1, -0.05) is 12.1 Å². The highest BCUT2D eigenvalue weighted by Crippen LogP contribution is 2.30. The van der Waals surface area contributed by atoms with Crippen molar-refractivity contribution in [3.05, 3.63) is 61.2 Å². The van der Waals surface area contributed by atoms with Crippen LogP contribution in [0.25, 0.3) is 27.8 Å². The number of hydrogen-bond acceptors (Lipinski definition) is 5. The SMILES string of the molecule is NC(=O)N(CC(F)(F)F)c1cccc(-n2cnc3cc(-c4cnn(C5CCN(C(=O)C6CCCO6)CC5)c4)ccc32)c1. The van der Waals surface area contributed by atoms with E-state index in [0.29, 0.717) is 35.8 Å². The Morgan fingerprint density at radius 1 is 1.07 bits per heavy atom. The number of carbonyl (C=O) groups excluding carboxylic acids is 2. The zero-order valence-corrected chi connectivity index (χ0v) is 22.7. The van der Waals surface area contributed by atoms with Crippen molar-refractivity contribution < 1.29 is 27.5 Å². The molecule has 0 bridgehead atoms.